The Morgan fingerprint density at radius 3 is 2.50 bits per heavy atom. The Kier molecular flexibility index (Phi) is 4.86. The molecule has 0 amide bonds. The summed E-state index contributed by atoms with van der Waals surface area (Å²) in [5.74, 6) is 0.294. The summed E-state index contributed by atoms with van der Waals surface area (Å²) in [6, 6.07) is 12.1. The fourth-order valence-electron chi connectivity index (χ4n) is 3.73. The lowest BCUT2D eigenvalue weighted by atomic mass is 10.1. The molecule has 0 saturated carbocycles. The highest BCUT2D eigenvalue weighted by molar-refractivity contribution is 6.09. The summed E-state index contributed by atoms with van der Waals surface area (Å²) in [5, 5.41) is 21.1. The van der Waals surface area contributed by atoms with E-state index >= 15 is 0 Å². The van der Waals surface area contributed by atoms with E-state index in [1.54, 1.807) is 34.9 Å². The van der Waals surface area contributed by atoms with E-state index in [9.17, 15) is 23.4 Å². The van der Waals surface area contributed by atoms with Crippen LogP contribution in [0.2, 0.25) is 0 Å². The molecule has 0 atom stereocenters. The first-order valence-corrected chi connectivity index (χ1v) is 9.43. The number of aliphatic imine (C=N–C) groups is 1. The monoisotopic (exact) mass is 418 g/mol. The highest BCUT2D eigenvalue weighted by Gasteiger charge is 2.33. The number of hydrogen-bond acceptors (Lipinski definition) is 4. The van der Waals surface area contributed by atoms with Gasteiger partial charge in [-0.2, -0.15) is 13.2 Å². The standard InChI is InChI=1S/C22H21F3N2O3/c1-21(2)12-30-19(26-21)17-15-8-3-4-9-16(15)27(18(17)20(28)29)11-13-6-5-7-14(10-13)22(23,24)25/h3-10,20,28-29H,11-12H2,1-2H3. The molecule has 0 unspecified atom stereocenters. The summed E-state index contributed by atoms with van der Waals surface area (Å²) in [5.41, 5.74) is 0.381. The van der Waals surface area contributed by atoms with Crippen LogP contribution in [0.5, 0.6) is 0 Å². The van der Waals surface area contributed by atoms with Gasteiger partial charge in [-0.05, 0) is 37.6 Å². The van der Waals surface area contributed by atoms with Crippen molar-refractivity contribution in [3.63, 3.8) is 0 Å². The molecule has 0 aliphatic carbocycles. The first kappa shape index (κ1) is 20.4. The number of para-hydroxylation sites is 1. The number of ether oxygens (including phenoxy) is 1. The molecule has 3 aromatic rings. The molecule has 2 aromatic carbocycles. The van der Waals surface area contributed by atoms with Crippen molar-refractivity contribution in [3.05, 3.63) is 70.9 Å². The zero-order valence-electron chi connectivity index (χ0n) is 16.4. The van der Waals surface area contributed by atoms with Crippen LogP contribution in [0.15, 0.2) is 53.5 Å². The molecule has 30 heavy (non-hydrogen) atoms. The molecule has 1 aliphatic heterocycles. The molecule has 0 saturated heterocycles. The number of alkyl halides is 3. The Hall–Kier alpha value is -2.84. The number of benzene rings is 2. The molecule has 0 radical (unpaired) electrons. The number of aliphatic hydroxyl groups is 2. The van der Waals surface area contributed by atoms with Crippen molar-refractivity contribution in [2.45, 2.75) is 38.4 Å². The molecule has 8 heteroatoms. The van der Waals surface area contributed by atoms with Crippen LogP contribution in [0.25, 0.3) is 10.9 Å². The molecular weight excluding hydrogens is 397 g/mol. The third-order valence-electron chi connectivity index (χ3n) is 5.03. The SMILES string of the molecule is CC1(C)COC(c2c(C(O)O)n(Cc3cccc(C(F)(F)F)c3)c3ccccc23)=N1. The van der Waals surface area contributed by atoms with Gasteiger partial charge in [-0.1, -0.05) is 30.3 Å². The summed E-state index contributed by atoms with van der Waals surface area (Å²) in [4.78, 5) is 4.56. The summed E-state index contributed by atoms with van der Waals surface area (Å²) in [6.45, 7) is 4.16. The molecule has 0 fully saturated rings. The van der Waals surface area contributed by atoms with Gasteiger partial charge in [0.15, 0.2) is 6.29 Å². The normalized spacial score (nSPS) is 16.2. The predicted octanol–water partition coefficient (Wildman–Crippen LogP) is 4.25. The molecule has 0 spiro atoms. The van der Waals surface area contributed by atoms with E-state index in [4.69, 9.17) is 4.74 Å². The Bertz CT molecular complexity index is 1130. The second kappa shape index (κ2) is 7.14. The number of fused-ring (bicyclic) bond motifs is 1. The molecular formula is C22H21F3N2O3. The van der Waals surface area contributed by atoms with Gasteiger partial charge in [0.1, 0.15) is 6.61 Å². The van der Waals surface area contributed by atoms with Crippen LogP contribution in [-0.4, -0.2) is 32.8 Å². The van der Waals surface area contributed by atoms with Gasteiger partial charge < -0.3 is 19.5 Å². The minimum absolute atomic E-state index is 0.0219. The third kappa shape index (κ3) is 3.68. The Morgan fingerprint density at radius 2 is 1.87 bits per heavy atom. The largest absolute Gasteiger partial charge is 0.475 e. The lowest BCUT2D eigenvalue weighted by molar-refractivity contribution is -0.137. The average Bonchev–Trinajstić information content (AvgIpc) is 3.19. The molecule has 0 bridgehead atoms. The zero-order valence-corrected chi connectivity index (χ0v) is 16.4. The lowest BCUT2D eigenvalue weighted by Gasteiger charge is -2.15. The minimum atomic E-state index is -4.46. The second-order valence-corrected chi connectivity index (χ2v) is 7.95. The van der Waals surface area contributed by atoms with Crippen LogP contribution in [0.4, 0.5) is 13.2 Å². The van der Waals surface area contributed by atoms with Crippen LogP contribution >= 0.6 is 0 Å². The van der Waals surface area contributed by atoms with Crippen molar-refractivity contribution in [1.29, 1.82) is 0 Å². The number of aliphatic hydroxyl groups excluding tert-OH is 1. The first-order valence-electron chi connectivity index (χ1n) is 9.43. The van der Waals surface area contributed by atoms with Gasteiger partial charge in [-0.15, -0.1) is 0 Å². The van der Waals surface area contributed by atoms with Gasteiger partial charge >= 0.3 is 6.18 Å². The van der Waals surface area contributed by atoms with E-state index in [2.05, 4.69) is 4.99 Å². The predicted molar refractivity (Wildman–Crippen MR) is 106 cm³/mol. The molecule has 4 rings (SSSR count). The maximum absolute atomic E-state index is 13.1. The molecule has 5 nitrogen and oxygen atoms in total. The van der Waals surface area contributed by atoms with Crippen molar-refractivity contribution >= 4 is 16.8 Å². The zero-order chi connectivity index (χ0) is 21.7. The van der Waals surface area contributed by atoms with Crippen LogP contribution in [0.3, 0.4) is 0 Å². The fourth-order valence-corrected chi connectivity index (χ4v) is 3.73. The third-order valence-corrected chi connectivity index (χ3v) is 5.03. The van der Waals surface area contributed by atoms with Crippen molar-refractivity contribution in [1.82, 2.24) is 4.57 Å². The minimum Gasteiger partial charge on any atom is -0.475 e. The van der Waals surface area contributed by atoms with Crippen molar-refractivity contribution < 1.29 is 28.1 Å². The lowest BCUT2D eigenvalue weighted by Crippen LogP contribution is -2.17. The first-order chi connectivity index (χ1) is 14.1. The second-order valence-electron chi connectivity index (χ2n) is 7.95. The van der Waals surface area contributed by atoms with E-state index in [-0.39, 0.29) is 12.2 Å². The van der Waals surface area contributed by atoms with Crippen molar-refractivity contribution in [3.8, 4) is 0 Å². The molecule has 2 N–H and O–H groups in total. The summed E-state index contributed by atoms with van der Waals surface area (Å²) >= 11 is 0. The van der Waals surface area contributed by atoms with Crippen LogP contribution < -0.4 is 0 Å². The van der Waals surface area contributed by atoms with Gasteiger partial charge in [0, 0.05) is 17.4 Å². The Balaban J connectivity index is 1.90. The number of rotatable bonds is 4. The quantitative estimate of drug-likeness (QED) is 0.623. The number of aromatic nitrogens is 1. The van der Waals surface area contributed by atoms with E-state index in [1.165, 1.54) is 6.07 Å². The van der Waals surface area contributed by atoms with E-state index in [0.717, 1.165) is 12.1 Å². The van der Waals surface area contributed by atoms with Gasteiger partial charge in [0.05, 0.1) is 22.4 Å². The van der Waals surface area contributed by atoms with E-state index in [0.29, 0.717) is 34.5 Å². The van der Waals surface area contributed by atoms with Gasteiger partial charge in [0.2, 0.25) is 5.90 Å². The average molecular weight is 418 g/mol. The highest BCUT2D eigenvalue weighted by Crippen LogP contribution is 2.35. The van der Waals surface area contributed by atoms with Crippen LogP contribution in [-0.2, 0) is 17.5 Å². The Labute approximate surface area is 171 Å². The topological polar surface area (TPSA) is 67.0 Å². The smallest absolute Gasteiger partial charge is 0.416 e. The maximum atomic E-state index is 13.1. The van der Waals surface area contributed by atoms with E-state index < -0.39 is 23.6 Å². The summed E-state index contributed by atoms with van der Waals surface area (Å²) < 4.78 is 46.7. The van der Waals surface area contributed by atoms with E-state index in [1.807, 2.05) is 13.8 Å². The molecule has 1 aliphatic rings. The van der Waals surface area contributed by atoms with Crippen molar-refractivity contribution in [2.24, 2.45) is 4.99 Å². The highest BCUT2D eigenvalue weighted by atomic mass is 19.4. The maximum Gasteiger partial charge on any atom is 0.416 e. The number of hydrogen-bond donors (Lipinski definition) is 2. The number of nitrogens with zero attached hydrogens (tertiary/aromatic N) is 2. The Morgan fingerprint density at radius 1 is 1.13 bits per heavy atom. The van der Waals surface area contributed by atoms with Crippen LogP contribution in [0, 0.1) is 0 Å². The van der Waals surface area contributed by atoms with Crippen LogP contribution in [0.1, 0.15) is 42.5 Å². The summed E-state index contributed by atoms with van der Waals surface area (Å²) in [6.07, 6.45) is -6.33. The van der Waals surface area contributed by atoms with Gasteiger partial charge in [-0.25, -0.2) is 4.99 Å². The number of halogens is 3. The summed E-state index contributed by atoms with van der Waals surface area (Å²) in [7, 11) is 0. The molecule has 1 aromatic heterocycles. The molecule has 158 valence electrons. The van der Waals surface area contributed by atoms with Gasteiger partial charge in [-0.3, -0.25) is 0 Å². The van der Waals surface area contributed by atoms with Crippen molar-refractivity contribution in [2.75, 3.05) is 6.61 Å². The molecule has 2 heterocycles. The van der Waals surface area contributed by atoms with Gasteiger partial charge in [0.25, 0.3) is 0 Å². The fraction of sp³-hybridized carbons (Fsp3) is 0.318.